The second-order valence-corrected chi connectivity index (χ2v) is 5.78. The Kier molecular flexibility index (Phi) is 3.01. The largest absolute Gasteiger partial charge is 0.392 e. The van der Waals surface area contributed by atoms with Gasteiger partial charge in [-0.15, -0.1) is 0 Å². The zero-order chi connectivity index (χ0) is 11.8. The SMILES string of the molecule is Cc1c(CO)cccc1S(=O)(=O)NC1CC1. The summed E-state index contributed by atoms with van der Waals surface area (Å²) in [6.45, 7) is 1.58. The average molecular weight is 241 g/mol. The maximum atomic E-state index is 12.0. The normalized spacial score (nSPS) is 16.4. The van der Waals surface area contributed by atoms with Crippen LogP contribution in [-0.4, -0.2) is 19.6 Å². The third kappa shape index (κ3) is 2.26. The van der Waals surface area contributed by atoms with Crippen LogP contribution in [0.5, 0.6) is 0 Å². The van der Waals surface area contributed by atoms with Crippen LogP contribution >= 0.6 is 0 Å². The van der Waals surface area contributed by atoms with E-state index >= 15 is 0 Å². The average Bonchev–Trinajstić information content (AvgIpc) is 3.01. The summed E-state index contributed by atoms with van der Waals surface area (Å²) in [5.41, 5.74) is 1.27. The van der Waals surface area contributed by atoms with Crippen LogP contribution in [0.4, 0.5) is 0 Å². The third-order valence-corrected chi connectivity index (χ3v) is 4.42. The number of benzene rings is 1. The Bertz CT molecular complexity index is 492. The minimum atomic E-state index is -3.42. The lowest BCUT2D eigenvalue weighted by molar-refractivity contribution is 0.280. The lowest BCUT2D eigenvalue weighted by Gasteiger charge is -2.10. The molecule has 0 bridgehead atoms. The van der Waals surface area contributed by atoms with Gasteiger partial charge in [-0.25, -0.2) is 13.1 Å². The molecule has 0 unspecified atom stereocenters. The first-order chi connectivity index (χ1) is 7.54. The minimum Gasteiger partial charge on any atom is -0.392 e. The number of sulfonamides is 1. The molecule has 0 spiro atoms. The Hall–Kier alpha value is -0.910. The van der Waals surface area contributed by atoms with E-state index in [0.717, 1.165) is 12.8 Å². The van der Waals surface area contributed by atoms with E-state index in [1.165, 1.54) is 0 Å². The van der Waals surface area contributed by atoms with Crippen LogP contribution in [0.2, 0.25) is 0 Å². The minimum absolute atomic E-state index is 0.0992. The molecule has 0 aromatic heterocycles. The summed E-state index contributed by atoms with van der Waals surface area (Å²) in [7, 11) is -3.42. The molecule has 1 aliphatic carbocycles. The summed E-state index contributed by atoms with van der Waals surface area (Å²) in [6.07, 6.45) is 1.83. The van der Waals surface area contributed by atoms with Crippen LogP contribution in [0.3, 0.4) is 0 Å². The van der Waals surface area contributed by atoms with Crippen molar-refractivity contribution in [1.29, 1.82) is 0 Å². The molecule has 0 saturated heterocycles. The lowest BCUT2D eigenvalue weighted by Crippen LogP contribution is -2.26. The first-order valence-corrected chi connectivity index (χ1v) is 6.74. The highest BCUT2D eigenvalue weighted by Gasteiger charge is 2.28. The highest BCUT2D eigenvalue weighted by Crippen LogP contribution is 2.24. The summed E-state index contributed by atoms with van der Waals surface area (Å²) in [6, 6.07) is 5.05. The number of hydrogen-bond acceptors (Lipinski definition) is 3. The topological polar surface area (TPSA) is 66.4 Å². The van der Waals surface area contributed by atoms with Crippen LogP contribution in [0.25, 0.3) is 0 Å². The van der Waals surface area contributed by atoms with E-state index in [0.29, 0.717) is 11.1 Å². The van der Waals surface area contributed by atoms with Crippen molar-refractivity contribution in [3.05, 3.63) is 29.3 Å². The predicted molar refractivity (Wildman–Crippen MR) is 60.4 cm³/mol. The Morgan fingerprint density at radius 2 is 2.12 bits per heavy atom. The van der Waals surface area contributed by atoms with Crippen LogP contribution < -0.4 is 4.72 Å². The van der Waals surface area contributed by atoms with Crippen molar-refractivity contribution >= 4 is 10.0 Å². The second-order valence-electron chi connectivity index (χ2n) is 4.09. The van der Waals surface area contributed by atoms with Gasteiger partial charge in [0.05, 0.1) is 11.5 Å². The van der Waals surface area contributed by atoms with Crippen molar-refractivity contribution in [1.82, 2.24) is 4.72 Å². The number of hydrogen-bond donors (Lipinski definition) is 2. The van der Waals surface area contributed by atoms with E-state index in [4.69, 9.17) is 5.11 Å². The number of aliphatic hydroxyl groups excluding tert-OH is 1. The predicted octanol–water partition coefficient (Wildman–Crippen LogP) is 0.928. The molecule has 1 aromatic rings. The van der Waals surface area contributed by atoms with Gasteiger partial charge < -0.3 is 5.11 Å². The van der Waals surface area contributed by atoms with E-state index < -0.39 is 10.0 Å². The maximum absolute atomic E-state index is 12.0. The Morgan fingerprint density at radius 3 is 2.69 bits per heavy atom. The fourth-order valence-corrected chi connectivity index (χ4v) is 3.20. The summed E-state index contributed by atoms with van der Waals surface area (Å²) >= 11 is 0. The molecule has 1 aromatic carbocycles. The van der Waals surface area contributed by atoms with E-state index in [1.54, 1.807) is 25.1 Å². The molecular formula is C11H15NO3S. The first-order valence-electron chi connectivity index (χ1n) is 5.26. The number of aliphatic hydroxyl groups is 1. The van der Waals surface area contributed by atoms with Gasteiger partial charge in [0.1, 0.15) is 0 Å². The molecule has 1 fully saturated rings. The molecule has 2 rings (SSSR count). The first kappa shape index (κ1) is 11.6. The second kappa shape index (κ2) is 4.16. The van der Waals surface area contributed by atoms with Crippen molar-refractivity contribution in [2.45, 2.75) is 37.3 Å². The van der Waals surface area contributed by atoms with Crippen LogP contribution in [0, 0.1) is 6.92 Å². The molecule has 0 heterocycles. The number of rotatable bonds is 4. The van der Waals surface area contributed by atoms with E-state index in [1.807, 2.05) is 0 Å². The van der Waals surface area contributed by atoms with E-state index in [2.05, 4.69) is 4.72 Å². The zero-order valence-electron chi connectivity index (χ0n) is 9.10. The molecule has 88 valence electrons. The molecule has 0 amide bonds. The van der Waals surface area contributed by atoms with Crippen LogP contribution in [-0.2, 0) is 16.6 Å². The Balaban J connectivity index is 2.38. The quantitative estimate of drug-likeness (QED) is 0.824. The molecule has 0 radical (unpaired) electrons. The third-order valence-electron chi connectivity index (χ3n) is 2.76. The van der Waals surface area contributed by atoms with Crippen molar-refractivity contribution in [2.24, 2.45) is 0 Å². The van der Waals surface area contributed by atoms with Crippen molar-refractivity contribution in [3.8, 4) is 0 Å². The Labute approximate surface area is 95.4 Å². The monoisotopic (exact) mass is 241 g/mol. The summed E-state index contributed by atoms with van der Waals surface area (Å²) in [5, 5.41) is 9.09. The fraction of sp³-hybridized carbons (Fsp3) is 0.455. The van der Waals surface area contributed by atoms with E-state index in [-0.39, 0.29) is 17.5 Å². The molecule has 5 heteroatoms. The highest BCUT2D eigenvalue weighted by atomic mass is 32.2. The van der Waals surface area contributed by atoms with Gasteiger partial charge in [0.15, 0.2) is 0 Å². The Morgan fingerprint density at radius 1 is 1.44 bits per heavy atom. The van der Waals surface area contributed by atoms with E-state index in [9.17, 15) is 8.42 Å². The van der Waals surface area contributed by atoms with Gasteiger partial charge in [0, 0.05) is 6.04 Å². The molecular weight excluding hydrogens is 226 g/mol. The van der Waals surface area contributed by atoms with Gasteiger partial charge in [0.25, 0.3) is 0 Å². The molecule has 0 atom stereocenters. The van der Waals surface area contributed by atoms with Gasteiger partial charge in [-0.3, -0.25) is 0 Å². The van der Waals surface area contributed by atoms with Gasteiger partial charge in [-0.2, -0.15) is 0 Å². The van der Waals surface area contributed by atoms with Crippen LogP contribution in [0.1, 0.15) is 24.0 Å². The molecule has 2 N–H and O–H groups in total. The molecule has 4 nitrogen and oxygen atoms in total. The van der Waals surface area contributed by atoms with Gasteiger partial charge in [-0.1, -0.05) is 12.1 Å². The zero-order valence-corrected chi connectivity index (χ0v) is 9.92. The highest BCUT2D eigenvalue weighted by molar-refractivity contribution is 7.89. The van der Waals surface area contributed by atoms with Gasteiger partial charge in [0.2, 0.25) is 10.0 Å². The molecule has 0 aliphatic heterocycles. The fourth-order valence-electron chi connectivity index (χ4n) is 1.61. The van der Waals surface area contributed by atoms with Gasteiger partial charge >= 0.3 is 0 Å². The summed E-state index contributed by atoms with van der Waals surface area (Å²) in [4.78, 5) is 0.269. The van der Waals surface area contributed by atoms with Crippen molar-refractivity contribution in [3.63, 3.8) is 0 Å². The molecule has 1 aliphatic rings. The van der Waals surface area contributed by atoms with Crippen molar-refractivity contribution < 1.29 is 13.5 Å². The maximum Gasteiger partial charge on any atom is 0.241 e. The standard InChI is InChI=1S/C11H15NO3S/c1-8-9(7-13)3-2-4-11(8)16(14,15)12-10-5-6-10/h2-4,10,12-13H,5-7H2,1H3. The summed E-state index contributed by atoms with van der Waals surface area (Å²) < 4.78 is 26.6. The van der Waals surface area contributed by atoms with Crippen LogP contribution in [0.15, 0.2) is 23.1 Å². The molecule has 1 saturated carbocycles. The smallest absolute Gasteiger partial charge is 0.241 e. The number of nitrogens with one attached hydrogen (secondary N) is 1. The van der Waals surface area contributed by atoms with Gasteiger partial charge in [-0.05, 0) is 37.0 Å². The van der Waals surface area contributed by atoms with Crippen molar-refractivity contribution in [2.75, 3.05) is 0 Å². The molecule has 16 heavy (non-hydrogen) atoms. The summed E-state index contributed by atoms with van der Waals surface area (Å²) in [5.74, 6) is 0. The lowest BCUT2D eigenvalue weighted by atomic mass is 10.1.